The van der Waals surface area contributed by atoms with Gasteiger partial charge in [0.25, 0.3) is 5.91 Å². The van der Waals surface area contributed by atoms with Crippen LogP contribution in [0.5, 0.6) is 5.75 Å². The van der Waals surface area contributed by atoms with Crippen LogP contribution in [0.1, 0.15) is 19.4 Å². The smallest absolute Gasteiger partial charge is 0.268 e. The molecule has 0 spiro atoms. The molecule has 1 aliphatic heterocycles. The van der Waals surface area contributed by atoms with Gasteiger partial charge in [-0.3, -0.25) is 4.79 Å². The summed E-state index contributed by atoms with van der Waals surface area (Å²) in [6.07, 6.45) is -0.445. The van der Waals surface area contributed by atoms with Crippen molar-refractivity contribution < 1.29 is 14.6 Å². The lowest BCUT2D eigenvalue weighted by atomic mass is 10.0. The maximum Gasteiger partial charge on any atom is 0.268 e. The number of benzene rings is 1. The topological polar surface area (TPSA) is 53.0 Å². The SMILES string of the molecule is CC(C)C1Oc2ccc(CO)cc2N(CCN(C)C)C1=O. The van der Waals surface area contributed by atoms with E-state index in [2.05, 4.69) is 0 Å². The van der Waals surface area contributed by atoms with Crippen LogP contribution in [-0.2, 0) is 11.4 Å². The molecule has 0 aromatic heterocycles. The Kier molecular flexibility index (Phi) is 4.85. The van der Waals surface area contributed by atoms with Crippen molar-refractivity contribution in [1.82, 2.24) is 4.90 Å². The standard InChI is InChI=1S/C16H24N2O3/c1-11(2)15-16(20)18(8-7-17(3)4)13-9-12(10-19)5-6-14(13)21-15/h5-6,9,11,15,19H,7-8,10H2,1-4H3. The number of ether oxygens (including phenoxy) is 1. The maximum absolute atomic E-state index is 12.7. The van der Waals surface area contributed by atoms with E-state index in [4.69, 9.17) is 4.74 Å². The second kappa shape index (κ2) is 6.45. The van der Waals surface area contributed by atoms with Crippen molar-refractivity contribution in [2.45, 2.75) is 26.6 Å². The van der Waals surface area contributed by atoms with Gasteiger partial charge in [0.05, 0.1) is 12.3 Å². The first kappa shape index (κ1) is 15.8. The van der Waals surface area contributed by atoms with Gasteiger partial charge in [0.1, 0.15) is 5.75 Å². The third-order valence-electron chi connectivity index (χ3n) is 3.64. The molecule has 0 saturated carbocycles. The van der Waals surface area contributed by atoms with E-state index in [-0.39, 0.29) is 18.4 Å². The largest absolute Gasteiger partial charge is 0.478 e. The highest BCUT2D eigenvalue weighted by atomic mass is 16.5. The Bertz CT molecular complexity index is 514. The molecule has 0 bridgehead atoms. The zero-order chi connectivity index (χ0) is 15.6. The van der Waals surface area contributed by atoms with Crippen LogP contribution >= 0.6 is 0 Å². The molecule has 1 heterocycles. The first-order chi connectivity index (χ1) is 9.93. The van der Waals surface area contributed by atoms with E-state index in [9.17, 15) is 9.90 Å². The number of hydrogen-bond donors (Lipinski definition) is 1. The molecule has 5 nitrogen and oxygen atoms in total. The molecular formula is C16H24N2O3. The van der Waals surface area contributed by atoms with Crippen LogP contribution in [0.15, 0.2) is 18.2 Å². The first-order valence-electron chi connectivity index (χ1n) is 7.30. The number of rotatable bonds is 5. The minimum absolute atomic E-state index is 0.00515. The Morgan fingerprint density at radius 1 is 1.38 bits per heavy atom. The number of amides is 1. The number of fused-ring (bicyclic) bond motifs is 1. The summed E-state index contributed by atoms with van der Waals surface area (Å²) in [5.74, 6) is 0.823. The van der Waals surface area contributed by atoms with Crippen molar-refractivity contribution >= 4 is 11.6 Å². The van der Waals surface area contributed by atoms with Gasteiger partial charge in [-0.05, 0) is 37.7 Å². The Hall–Kier alpha value is -1.59. The molecule has 1 unspecified atom stereocenters. The molecule has 1 aliphatic rings. The molecule has 5 heteroatoms. The summed E-state index contributed by atoms with van der Waals surface area (Å²) in [6.45, 7) is 5.32. The molecule has 1 N–H and O–H groups in total. The molecule has 1 aromatic rings. The predicted molar refractivity (Wildman–Crippen MR) is 82.5 cm³/mol. The summed E-state index contributed by atoms with van der Waals surface area (Å²) in [5.41, 5.74) is 1.54. The van der Waals surface area contributed by atoms with Crippen LogP contribution in [0.3, 0.4) is 0 Å². The summed E-state index contributed by atoms with van der Waals surface area (Å²) >= 11 is 0. The summed E-state index contributed by atoms with van der Waals surface area (Å²) < 4.78 is 5.86. The first-order valence-corrected chi connectivity index (χ1v) is 7.30. The van der Waals surface area contributed by atoms with Crippen LogP contribution in [-0.4, -0.2) is 49.2 Å². The number of likely N-dealkylation sites (N-methyl/N-ethyl adjacent to an activating group) is 1. The van der Waals surface area contributed by atoms with E-state index < -0.39 is 6.10 Å². The Balaban J connectivity index is 2.37. The van der Waals surface area contributed by atoms with Gasteiger partial charge < -0.3 is 19.6 Å². The number of hydrogen-bond acceptors (Lipinski definition) is 4. The Labute approximate surface area is 126 Å². The lowest BCUT2D eigenvalue weighted by Gasteiger charge is -2.36. The summed E-state index contributed by atoms with van der Waals surface area (Å²) in [4.78, 5) is 16.5. The molecule has 1 atom stereocenters. The highest BCUT2D eigenvalue weighted by Crippen LogP contribution is 2.36. The molecule has 1 aromatic carbocycles. The van der Waals surface area contributed by atoms with Crippen LogP contribution in [0.25, 0.3) is 0 Å². The molecular weight excluding hydrogens is 268 g/mol. The van der Waals surface area contributed by atoms with Crippen molar-refractivity contribution in [2.75, 3.05) is 32.1 Å². The summed E-state index contributed by atoms with van der Waals surface area (Å²) in [7, 11) is 3.96. The number of anilines is 1. The fraction of sp³-hybridized carbons (Fsp3) is 0.562. The van der Waals surface area contributed by atoms with E-state index in [1.807, 2.05) is 51.0 Å². The summed E-state index contributed by atoms with van der Waals surface area (Å²) in [6, 6.07) is 5.50. The van der Waals surface area contributed by atoms with Crippen LogP contribution in [0, 0.1) is 5.92 Å². The lowest BCUT2D eigenvalue weighted by Crippen LogP contribution is -2.50. The van der Waals surface area contributed by atoms with Gasteiger partial charge >= 0.3 is 0 Å². The number of aliphatic hydroxyl groups is 1. The quantitative estimate of drug-likeness (QED) is 0.893. The third kappa shape index (κ3) is 3.36. The molecule has 2 rings (SSSR count). The second-order valence-corrected chi connectivity index (χ2v) is 6.04. The summed E-state index contributed by atoms with van der Waals surface area (Å²) in [5, 5.41) is 9.30. The third-order valence-corrected chi connectivity index (χ3v) is 3.64. The maximum atomic E-state index is 12.7. The van der Waals surface area contributed by atoms with Gasteiger partial charge in [-0.2, -0.15) is 0 Å². The van der Waals surface area contributed by atoms with Gasteiger partial charge in [-0.15, -0.1) is 0 Å². The minimum Gasteiger partial charge on any atom is -0.478 e. The Morgan fingerprint density at radius 2 is 2.10 bits per heavy atom. The van der Waals surface area contributed by atoms with Crippen LogP contribution < -0.4 is 9.64 Å². The van der Waals surface area contributed by atoms with E-state index in [0.29, 0.717) is 12.3 Å². The van der Waals surface area contributed by atoms with E-state index in [1.165, 1.54) is 0 Å². The minimum atomic E-state index is -0.445. The fourth-order valence-electron chi connectivity index (χ4n) is 2.38. The van der Waals surface area contributed by atoms with Gasteiger partial charge in [0.2, 0.25) is 0 Å². The number of aliphatic hydroxyl groups excluding tert-OH is 1. The molecule has 0 aliphatic carbocycles. The van der Waals surface area contributed by atoms with Gasteiger partial charge in [0.15, 0.2) is 6.10 Å². The van der Waals surface area contributed by atoms with E-state index >= 15 is 0 Å². The molecule has 0 radical (unpaired) electrons. The van der Waals surface area contributed by atoms with Gasteiger partial charge in [-0.1, -0.05) is 19.9 Å². The average Bonchev–Trinajstić information content (AvgIpc) is 2.44. The number of carbonyl (C=O) groups excluding carboxylic acids is 1. The zero-order valence-corrected chi connectivity index (χ0v) is 13.2. The van der Waals surface area contributed by atoms with Gasteiger partial charge in [0, 0.05) is 13.1 Å². The second-order valence-electron chi connectivity index (χ2n) is 6.04. The van der Waals surface area contributed by atoms with Crippen molar-refractivity contribution in [3.05, 3.63) is 23.8 Å². The van der Waals surface area contributed by atoms with Crippen molar-refractivity contribution in [2.24, 2.45) is 5.92 Å². The van der Waals surface area contributed by atoms with Crippen molar-refractivity contribution in [3.8, 4) is 5.75 Å². The molecule has 1 amide bonds. The molecule has 0 fully saturated rings. The zero-order valence-electron chi connectivity index (χ0n) is 13.2. The van der Waals surface area contributed by atoms with Gasteiger partial charge in [-0.25, -0.2) is 0 Å². The van der Waals surface area contributed by atoms with E-state index in [0.717, 1.165) is 17.8 Å². The van der Waals surface area contributed by atoms with E-state index in [1.54, 1.807) is 4.90 Å². The number of carbonyl (C=O) groups is 1. The monoisotopic (exact) mass is 292 g/mol. The number of nitrogens with zero attached hydrogens (tertiary/aromatic N) is 2. The fourth-order valence-corrected chi connectivity index (χ4v) is 2.38. The Morgan fingerprint density at radius 3 is 2.67 bits per heavy atom. The van der Waals surface area contributed by atoms with Crippen molar-refractivity contribution in [3.63, 3.8) is 0 Å². The predicted octanol–water partition coefficient (Wildman–Crippen LogP) is 1.49. The highest BCUT2D eigenvalue weighted by molar-refractivity contribution is 6.00. The average molecular weight is 292 g/mol. The molecule has 0 saturated heterocycles. The molecule has 116 valence electrons. The van der Waals surface area contributed by atoms with Crippen molar-refractivity contribution in [1.29, 1.82) is 0 Å². The lowest BCUT2D eigenvalue weighted by molar-refractivity contribution is -0.128. The highest BCUT2D eigenvalue weighted by Gasteiger charge is 2.36. The normalized spacial score (nSPS) is 18.1. The van der Waals surface area contributed by atoms with Crippen LogP contribution in [0.4, 0.5) is 5.69 Å². The van der Waals surface area contributed by atoms with Crippen LogP contribution in [0.2, 0.25) is 0 Å². The molecule has 21 heavy (non-hydrogen) atoms.